The van der Waals surface area contributed by atoms with Crippen molar-refractivity contribution in [1.82, 2.24) is 14.9 Å². The number of benzene rings is 1. The number of carbonyl (C=O) groups excluding carboxylic acids is 2. The lowest BCUT2D eigenvalue weighted by Crippen LogP contribution is -2.53. The lowest BCUT2D eigenvalue weighted by molar-refractivity contribution is -0.140. The van der Waals surface area contributed by atoms with Crippen LogP contribution in [0, 0.1) is 0 Å². The molecule has 12 heteroatoms. The van der Waals surface area contributed by atoms with Gasteiger partial charge >= 0.3 is 11.8 Å². The van der Waals surface area contributed by atoms with Crippen LogP contribution in [-0.4, -0.2) is 63.7 Å². The zero-order valence-electron chi connectivity index (χ0n) is 17.1. The Labute approximate surface area is 189 Å². The van der Waals surface area contributed by atoms with Crippen molar-refractivity contribution in [3.05, 3.63) is 40.6 Å². The first-order valence-corrected chi connectivity index (χ1v) is 12.4. The minimum atomic E-state index is -3.93. The van der Waals surface area contributed by atoms with E-state index in [2.05, 4.69) is 10.6 Å². The smallest absolute Gasteiger partial charge is 0.309 e. The highest BCUT2D eigenvalue weighted by molar-refractivity contribution is 7.89. The van der Waals surface area contributed by atoms with Gasteiger partial charge in [0, 0.05) is 17.5 Å². The van der Waals surface area contributed by atoms with E-state index in [1.165, 1.54) is 27.8 Å². The van der Waals surface area contributed by atoms with Gasteiger partial charge in [-0.1, -0.05) is 6.07 Å². The highest BCUT2D eigenvalue weighted by Crippen LogP contribution is 2.34. The van der Waals surface area contributed by atoms with Gasteiger partial charge in [-0.25, -0.2) is 8.42 Å². The highest BCUT2D eigenvalue weighted by atomic mass is 32.2. The molecule has 2 aliphatic rings. The third-order valence-electron chi connectivity index (χ3n) is 4.92. The quantitative estimate of drug-likeness (QED) is 0.582. The van der Waals surface area contributed by atoms with Crippen LogP contribution in [0.25, 0.3) is 0 Å². The molecule has 2 aliphatic heterocycles. The minimum Gasteiger partial charge on any atom is -0.486 e. The number of thiophene rings is 1. The highest BCUT2D eigenvalue weighted by Gasteiger charge is 2.35. The second-order valence-electron chi connectivity index (χ2n) is 7.07. The van der Waals surface area contributed by atoms with Gasteiger partial charge in [-0.15, -0.1) is 11.3 Å². The molecule has 1 saturated heterocycles. The van der Waals surface area contributed by atoms with Crippen LogP contribution in [0.3, 0.4) is 0 Å². The minimum absolute atomic E-state index is 0.0391. The Morgan fingerprint density at radius 3 is 2.62 bits per heavy atom. The molecule has 4 rings (SSSR count). The van der Waals surface area contributed by atoms with Gasteiger partial charge in [0.2, 0.25) is 10.0 Å². The molecule has 2 aromatic rings. The van der Waals surface area contributed by atoms with E-state index in [1.54, 1.807) is 6.07 Å². The van der Waals surface area contributed by atoms with Gasteiger partial charge in [-0.05, 0) is 30.0 Å². The van der Waals surface area contributed by atoms with Crippen LogP contribution in [0.5, 0.6) is 11.5 Å². The number of fused-ring (bicyclic) bond motifs is 1. The van der Waals surface area contributed by atoms with Crippen LogP contribution in [0.4, 0.5) is 0 Å². The molecule has 3 heterocycles. The number of amides is 2. The summed E-state index contributed by atoms with van der Waals surface area (Å²) in [6, 6.07) is 8.13. The second-order valence-corrected chi connectivity index (χ2v) is 10.00. The number of nitrogens with one attached hydrogen (secondary N) is 2. The molecule has 1 fully saturated rings. The maximum absolute atomic E-state index is 13.3. The Kier molecular flexibility index (Phi) is 6.94. The molecule has 0 saturated carbocycles. The monoisotopic (exact) mass is 481 g/mol. The third-order valence-corrected chi connectivity index (χ3v) is 7.68. The average Bonchev–Trinajstić information content (AvgIpc) is 3.34. The molecule has 32 heavy (non-hydrogen) atoms. The van der Waals surface area contributed by atoms with Crippen LogP contribution in [0.15, 0.2) is 40.6 Å². The van der Waals surface area contributed by atoms with Gasteiger partial charge in [0.15, 0.2) is 11.5 Å². The summed E-state index contributed by atoms with van der Waals surface area (Å²) in [6.45, 7) is 1.40. The van der Waals surface area contributed by atoms with Gasteiger partial charge in [0.1, 0.15) is 19.4 Å². The van der Waals surface area contributed by atoms with E-state index < -0.39 is 28.1 Å². The van der Waals surface area contributed by atoms with Crippen molar-refractivity contribution in [3.8, 4) is 11.5 Å². The zero-order chi connectivity index (χ0) is 22.6. The molecule has 10 nitrogen and oxygen atoms in total. The van der Waals surface area contributed by atoms with Crippen molar-refractivity contribution >= 4 is 33.2 Å². The first-order valence-electron chi connectivity index (χ1n) is 10.1. The molecule has 0 spiro atoms. The van der Waals surface area contributed by atoms with Crippen molar-refractivity contribution in [2.24, 2.45) is 0 Å². The number of nitrogens with zero attached hydrogens (tertiary/aromatic N) is 1. The molecule has 1 atom stereocenters. The molecule has 0 aliphatic carbocycles. The Hall–Kier alpha value is -2.67. The summed E-state index contributed by atoms with van der Waals surface area (Å²) in [5.74, 6) is -0.798. The van der Waals surface area contributed by atoms with Crippen LogP contribution >= 0.6 is 11.3 Å². The lowest BCUT2D eigenvalue weighted by Gasteiger charge is -2.34. The Morgan fingerprint density at radius 1 is 1.06 bits per heavy atom. The largest absolute Gasteiger partial charge is 0.486 e. The Bertz CT molecular complexity index is 1070. The van der Waals surface area contributed by atoms with E-state index in [4.69, 9.17) is 14.2 Å². The van der Waals surface area contributed by atoms with E-state index in [1.807, 2.05) is 17.5 Å². The summed E-state index contributed by atoms with van der Waals surface area (Å²) >= 11 is 1.47. The maximum atomic E-state index is 13.3. The van der Waals surface area contributed by atoms with E-state index in [9.17, 15) is 18.0 Å². The van der Waals surface area contributed by atoms with Crippen LogP contribution in [0.1, 0.15) is 11.3 Å². The van der Waals surface area contributed by atoms with Crippen LogP contribution < -0.4 is 20.1 Å². The summed E-state index contributed by atoms with van der Waals surface area (Å²) < 4.78 is 44.2. The summed E-state index contributed by atoms with van der Waals surface area (Å²) in [5, 5.41) is 6.87. The first kappa shape index (κ1) is 22.5. The van der Waals surface area contributed by atoms with E-state index in [0.717, 1.165) is 4.88 Å². The van der Waals surface area contributed by atoms with Gasteiger partial charge in [-0.3, -0.25) is 9.59 Å². The molecular formula is C20H23N3O7S2. The van der Waals surface area contributed by atoms with Crippen molar-refractivity contribution in [2.75, 3.05) is 32.9 Å². The van der Waals surface area contributed by atoms with E-state index in [-0.39, 0.29) is 24.5 Å². The predicted molar refractivity (Wildman–Crippen MR) is 115 cm³/mol. The molecule has 0 radical (unpaired) electrons. The normalized spacial score (nSPS) is 18.7. The van der Waals surface area contributed by atoms with E-state index >= 15 is 0 Å². The zero-order valence-corrected chi connectivity index (χ0v) is 18.7. The number of ether oxygens (including phenoxy) is 3. The summed E-state index contributed by atoms with van der Waals surface area (Å²) in [7, 11) is -3.93. The fourth-order valence-electron chi connectivity index (χ4n) is 3.34. The molecule has 172 valence electrons. The number of hydrogen-bond acceptors (Lipinski definition) is 8. The number of sulfonamides is 1. The molecule has 0 unspecified atom stereocenters. The van der Waals surface area contributed by atoms with Gasteiger partial charge < -0.3 is 24.8 Å². The van der Waals surface area contributed by atoms with Crippen LogP contribution in [-0.2, 0) is 30.9 Å². The van der Waals surface area contributed by atoms with Crippen molar-refractivity contribution in [1.29, 1.82) is 0 Å². The molecule has 2 N–H and O–H groups in total. The number of rotatable bonds is 6. The number of hydrogen-bond donors (Lipinski definition) is 2. The Morgan fingerprint density at radius 2 is 1.84 bits per heavy atom. The van der Waals surface area contributed by atoms with Gasteiger partial charge in [0.05, 0.1) is 24.6 Å². The molecular weight excluding hydrogens is 458 g/mol. The maximum Gasteiger partial charge on any atom is 0.309 e. The predicted octanol–water partition coefficient (Wildman–Crippen LogP) is 0.689. The van der Waals surface area contributed by atoms with Crippen molar-refractivity contribution < 1.29 is 32.2 Å². The SMILES string of the molecule is O=C(NCc1cccs1)C(=O)NC[C@@H]1OCCCN1S(=O)(=O)c1ccc2c(c1)OCCO2. The van der Waals surface area contributed by atoms with Gasteiger partial charge in [0.25, 0.3) is 0 Å². The number of carbonyl (C=O) groups is 2. The molecule has 1 aromatic heterocycles. The third kappa shape index (κ3) is 5.04. The van der Waals surface area contributed by atoms with E-state index in [0.29, 0.717) is 37.7 Å². The van der Waals surface area contributed by atoms with Crippen molar-refractivity contribution in [3.63, 3.8) is 0 Å². The topological polar surface area (TPSA) is 123 Å². The fraction of sp³-hybridized carbons (Fsp3) is 0.400. The van der Waals surface area contributed by atoms with Crippen LogP contribution in [0.2, 0.25) is 0 Å². The summed E-state index contributed by atoms with van der Waals surface area (Å²) in [4.78, 5) is 25.1. The summed E-state index contributed by atoms with van der Waals surface area (Å²) in [6.07, 6.45) is -0.425. The summed E-state index contributed by atoms with van der Waals surface area (Å²) in [5.41, 5.74) is 0. The molecule has 2 amide bonds. The Balaban J connectivity index is 1.40. The average molecular weight is 482 g/mol. The van der Waals surface area contributed by atoms with Gasteiger partial charge in [-0.2, -0.15) is 4.31 Å². The lowest BCUT2D eigenvalue weighted by atomic mass is 10.3. The van der Waals surface area contributed by atoms with Crippen molar-refractivity contribution in [2.45, 2.75) is 24.1 Å². The second kappa shape index (κ2) is 9.86. The standard InChI is InChI=1S/C20H23N3O7S2/c24-19(21-12-14-3-1-10-31-14)20(25)22-13-18-23(6-2-7-30-18)32(26,27)15-4-5-16-17(11-15)29-9-8-28-16/h1,3-5,10-11,18H,2,6-9,12-13H2,(H,21,24)(H,22,25)/t18-/m0/s1. The fourth-order valence-corrected chi connectivity index (χ4v) is 5.57. The molecule has 0 bridgehead atoms. The first-order chi connectivity index (χ1) is 15.4. The molecule has 1 aromatic carbocycles.